The molecule has 2 N–H and O–H groups in total. The number of benzene rings is 2. The number of amides is 1. The number of fused-ring (bicyclic) bond motifs is 4. The van der Waals surface area contributed by atoms with E-state index in [1.165, 1.54) is 10.1 Å². The SMILES string of the molecule is Cn1cc(C(=O)NC2CCCc3c2[nH]c2ccc(Cl)cc32)c2ccccc2c1=O. The van der Waals surface area contributed by atoms with Crippen LogP contribution in [0.5, 0.6) is 0 Å². The number of rotatable bonds is 2. The first kappa shape index (κ1) is 18.0. The van der Waals surface area contributed by atoms with Gasteiger partial charge in [-0.1, -0.05) is 29.8 Å². The number of carbonyl (C=O) groups is 1. The molecule has 4 aromatic rings. The fourth-order valence-corrected chi connectivity index (χ4v) is 4.58. The summed E-state index contributed by atoms with van der Waals surface area (Å²) in [6.45, 7) is 0. The van der Waals surface area contributed by atoms with E-state index in [0.717, 1.165) is 35.9 Å². The van der Waals surface area contributed by atoms with Gasteiger partial charge in [-0.3, -0.25) is 9.59 Å². The summed E-state index contributed by atoms with van der Waals surface area (Å²) in [4.78, 5) is 29.1. The first-order chi connectivity index (χ1) is 14.0. The van der Waals surface area contributed by atoms with Crippen molar-refractivity contribution in [2.24, 2.45) is 7.05 Å². The second kappa shape index (κ2) is 6.78. The number of hydrogen-bond donors (Lipinski definition) is 2. The van der Waals surface area contributed by atoms with Gasteiger partial charge in [0.2, 0.25) is 0 Å². The molecule has 29 heavy (non-hydrogen) atoms. The molecule has 5 rings (SSSR count). The van der Waals surface area contributed by atoms with Crippen molar-refractivity contribution in [2.45, 2.75) is 25.3 Å². The molecule has 6 heteroatoms. The van der Waals surface area contributed by atoms with Crippen LogP contribution in [0.3, 0.4) is 0 Å². The van der Waals surface area contributed by atoms with Crippen LogP contribution in [0.4, 0.5) is 0 Å². The van der Waals surface area contributed by atoms with Crippen molar-refractivity contribution >= 4 is 39.2 Å². The predicted octanol–water partition coefficient (Wildman–Crippen LogP) is 4.48. The van der Waals surface area contributed by atoms with E-state index in [0.29, 0.717) is 21.4 Å². The van der Waals surface area contributed by atoms with Gasteiger partial charge in [-0.2, -0.15) is 0 Å². The zero-order valence-electron chi connectivity index (χ0n) is 16.0. The third kappa shape index (κ3) is 2.93. The van der Waals surface area contributed by atoms with Crippen LogP contribution in [-0.2, 0) is 13.5 Å². The molecule has 0 radical (unpaired) electrons. The maximum absolute atomic E-state index is 13.2. The van der Waals surface area contributed by atoms with Gasteiger partial charge in [0.25, 0.3) is 11.5 Å². The van der Waals surface area contributed by atoms with E-state index in [-0.39, 0.29) is 17.5 Å². The largest absolute Gasteiger partial charge is 0.356 e. The summed E-state index contributed by atoms with van der Waals surface area (Å²) in [6, 6.07) is 13.0. The van der Waals surface area contributed by atoms with Crippen molar-refractivity contribution in [2.75, 3.05) is 0 Å². The highest BCUT2D eigenvalue weighted by Crippen LogP contribution is 2.36. The van der Waals surface area contributed by atoms with Gasteiger partial charge >= 0.3 is 0 Å². The van der Waals surface area contributed by atoms with E-state index in [9.17, 15) is 9.59 Å². The Kier molecular flexibility index (Phi) is 4.21. The lowest BCUT2D eigenvalue weighted by Crippen LogP contribution is -2.32. The monoisotopic (exact) mass is 405 g/mol. The molecule has 0 bridgehead atoms. The fourth-order valence-electron chi connectivity index (χ4n) is 4.41. The average Bonchev–Trinajstić information content (AvgIpc) is 3.09. The van der Waals surface area contributed by atoms with Crippen molar-refractivity contribution in [3.63, 3.8) is 0 Å². The molecule has 1 amide bonds. The second-order valence-corrected chi connectivity index (χ2v) is 8.07. The molecule has 0 aliphatic heterocycles. The summed E-state index contributed by atoms with van der Waals surface area (Å²) in [5.74, 6) is -0.175. The molecule has 2 heterocycles. The minimum Gasteiger partial charge on any atom is -0.356 e. The number of nitrogens with one attached hydrogen (secondary N) is 2. The van der Waals surface area contributed by atoms with Crippen LogP contribution in [0.15, 0.2) is 53.5 Å². The van der Waals surface area contributed by atoms with Crippen molar-refractivity contribution in [1.82, 2.24) is 14.9 Å². The molecule has 1 aliphatic carbocycles. The Labute approximate surface area is 172 Å². The number of nitrogens with zero attached hydrogens (tertiary/aromatic N) is 1. The Morgan fingerprint density at radius 1 is 1.17 bits per heavy atom. The van der Waals surface area contributed by atoms with Crippen LogP contribution in [0, 0.1) is 0 Å². The highest BCUT2D eigenvalue weighted by Gasteiger charge is 2.26. The lowest BCUT2D eigenvalue weighted by Gasteiger charge is -2.24. The smallest absolute Gasteiger partial charge is 0.258 e. The summed E-state index contributed by atoms with van der Waals surface area (Å²) in [7, 11) is 1.67. The van der Waals surface area contributed by atoms with Crippen LogP contribution in [0.1, 0.15) is 40.5 Å². The maximum atomic E-state index is 13.2. The van der Waals surface area contributed by atoms with Gasteiger partial charge < -0.3 is 14.9 Å². The molecular formula is C23H20ClN3O2. The number of pyridine rings is 1. The minimum atomic E-state index is -0.175. The molecular weight excluding hydrogens is 386 g/mol. The van der Waals surface area contributed by atoms with E-state index in [1.807, 2.05) is 36.4 Å². The molecule has 1 unspecified atom stereocenters. The van der Waals surface area contributed by atoms with Crippen LogP contribution in [0.2, 0.25) is 5.02 Å². The molecule has 0 saturated carbocycles. The van der Waals surface area contributed by atoms with Crippen LogP contribution in [0.25, 0.3) is 21.7 Å². The normalized spacial score (nSPS) is 16.1. The topological polar surface area (TPSA) is 66.9 Å². The zero-order chi connectivity index (χ0) is 20.1. The van der Waals surface area contributed by atoms with Gasteiger partial charge in [-0.15, -0.1) is 0 Å². The van der Waals surface area contributed by atoms with Crippen LogP contribution < -0.4 is 10.9 Å². The second-order valence-electron chi connectivity index (χ2n) is 7.63. The van der Waals surface area contributed by atoms with Gasteiger partial charge in [0.15, 0.2) is 0 Å². The van der Waals surface area contributed by atoms with Crippen molar-refractivity contribution in [3.8, 4) is 0 Å². The van der Waals surface area contributed by atoms with Crippen LogP contribution >= 0.6 is 11.6 Å². The molecule has 2 aromatic carbocycles. The van der Waals surface area contributed by atoms with Crippen molar-refractivity contribution in [3.05, 3.63) is 80.9 Å². The van der Waals surface area contributed by atoms with Crippen molar-refractivity contribution < 1.29 is 4.79 Å². The van der Waals surface area contributed by atoms with Gasteiger partial charge in [0.1, 0.15) is 0 Å². The standard InChI is InChI=1S/C23H20ClN3O2/c1-27-12-18(14-5-2-3-6-16(14)23(27)29)22(28)26-20-8-4-7-15-17-11-13(24)9-10-19(17)25-21(15)20/h2-3,5-6,9-12,20,25H,4,7-8H2,1H3,(H,26,28). The van der Waals surface area contributed by atoms with Gasteiger partial charge in [0.05, 0.1) is 11.6 Å². The average molecular weight is 406 g/mol. The van der Waals surface area contributed by atoms with E-state index < -0.39 is 0 Å². The zero-order valence-corrected chi connectivity index (χ0v) is 16.7. The number of aryl methyl sites for hydroxylation is 2. The van der Waals surface area contributed by atoms with Gasteiger partial charge in [0, 0.05) is 45.6 Å². The Morgan fingerprint density at radius 3 is 2.79 bits per heavy atom. The summed E-state index contributed by atoms with van der Waals surface area (Å²) >= 11 is 6.19. The molecule has 5 nitrogen and oxygen atoms in total. The molecule has 1 aliphatic rings. The number of carbonyl (C=O) groups excluding carboxylic acids is 1. The summed E-state index contributed by atoms with van der Waals surface area (Å²) in [5.41, 5.74) is 3.71. The first-order valence-corrected chi connectivity index (χ1v) is 10.1. The quantitative estimate of drug-likeness (QED) is 0.516. The summed E-state index contributed by atoms with van der Waals surface area (Å²) in [6.07, 6.45) is 4.44. The maximum Gasteiger partial charge on any atom is 0.258 e. The molecule has 146 valence electrons. The molecule has 0 fully saturated rings. The highest BCUT2D eigenvalue weighted by atomic mass is 35.5. The predicted molar refractivity (Wildman–Crippen MR) is 116 cm³/mol. The third-order valence-electron chi connectivity index (χ3n) is 5.81. The Bertz CT molecular complexity index is 1340. The van der Waals surface area contributed by atoms with Crippen LogP contribution in [-0.4, -0.2) is 15.5 Å². The lowest BCUT2D eigenvalue weighted by atomic mass is 9.91. The summed E-state index contributed by atoms with van der Waals surface area (Å²) < 4.78 is 1.47. The molecule has 2 aromatic heterocycles. The van der Waals surface area contributed by atoms with Crippen molar-refractivity contribution in [1.29, 1.82) is 0 Å². The first-order valence-electron chi connectivity index (χ1n) is 9.72. The number of aromatic nitrogens is 2. The number of halogens is 1. The van der Waals surface area contributed by atoms with E-state index in [4.69, 9.17) is 11.6 Å². The molecule has 1 atom stereocenters. The van der Waals surface area contributed by atoms with Gasteiger partial charge in [-0.05, 0) is 49.1 Å². The Balaban J connectivity index is 1.55. The number of H-pyrrole nitrogens is 1. The van der Waals surface area contributed by atoms with E-state index >= 15 is 0 Å². The molecule has 0 spiro atoms. The molecule has 0 saturated heterocycles. The Hall–Kier alpha value is -3.05. The number of hydrogen-bond acceptors (Lipinski definition) is 2. The minimum absolute atomic E-state index is 0.103. The lowest BCUT2D eigenvalue weighted by molar-refractivity contribution is 0.0933. The fraction of sp³-hybridized carbons (Fsp3) is 0.217. The Morgan fingerprint density at radius 2 is 1.97 bits per heavy atom. The number of aromatic amines is 1. The van der Waals surface area contributed by atoms with E-state index in [2.05, 4.69) is 10.3 Å². The van der Waals surface area contributed by atoms with E-state index in [1.54, 1.807) is 19.3 Å². The summed E-state index contributed by atoms with van der Waals surface area (Å²) in [5, 5.41) is 6.24. The third-order valence-corrected chi connectivity index (χ3v) is 6.05. The highest BCUT2D eigenvalue weighted by molar-refractivity contribution is 6.31. The van der Waals surface area contributed by atoms with Gasteiger partial charge in [-0.25, -0.2) is 0 Å².